The molecule has 2 aromatic carbocycles. The predicted molar refractivity (Wildman–Crippen MR) is 190 cm³/mol. The van der Waals surface area contributed by atoms with Crippen molar-refractivity contribution in [1.29, 1.82) is 0 Å². The van der Waals surface area contributed by atoms with Crippen LogP contribution in [0.4, 0.5) is 0 Å². The molecule has 0 bridgehead atoms. The van der Waals surface area contributed by atoms with Crippen LogP contribution >= 0.6 is 23.5 Å². The molecule has 44 heavy (non-hydrogen) atoms. The maximum absolute atomic E-state index is 12.8. The number of benzene rings is 2. The number of carbonyl (C=O) groups excluding carboxylic acids is 2. The maximum Gasteiger partial charge on any atom is 0.193 e. The van der Waals surface area contributed by atoms with Crippen molar-refractivity contribution in [3.63, 3.8) is 0 Å². The van der Waals surface area contributed by atoms with Crippen LogP contribution in [0.25, 0.3) is 0 Å². The third-order valence-corrected chi connectivity index (χ3v) is 9.68. The van der Waals surface area contributed by atoms with Gasteiger partial charge in [-0.25, -0.2) is 0 Å². The normalized spacial score (nSPS) is 12.9. The largest absolute Gasteiger partial charge is 0.507 e. The molecule has 0 aliphatic heterocycles. The van der Waals surface area contributed by atoms with Crippen LogP contribution in [0.5, 0.6) is 11.5 Å². The second-order valence-corrected chi connectivity index (χ2v) is 18.6. The van der Waals surface area contributed by atoms with E-state index >= 15 is 0 Å². The minimum atomic E-state index is -0.218. The highest BCUT2D eigenvalue weighted by molar-refractivity contribution is 8.13. The van der Waals surface area contributed by atoms with Gasteiger partial charge >= 0.3 is 0 Å². The molecule has 0 saturated carbocycles. The minimum absolute atomic E-state index is 0.163. The number of hydrogen-bond donors (Lipinski definition) is 2. The zero-order chi connectivity index (χ0) is 33.7. The van der Waals surface area contributed by atoms with E-state index in [1.807, 2.05) is 24.3 Å². The van der Waals surface area contributed by atoms with Crippen molar-refractivity contribution in [2.75, 3.05) is 0 Å². The van der Waals surface area contributed by atoms with Gasteiger partial charge in [0.1, 0.15) is 11.5 Å². The monoisotopic (exact) mass is 642 g/mol. The fourth-order valence-electron chi connectivity index (χ4n) is 5.23. The molecule has 2 aromatic rings. The Morgan fingerprint density at radius 1 is 0.477 bits per heavy atom. The lowest BCUT2D eigenvalue weighted by molar-refractivity contribution is -0.111. The Balaban J connectivity index is 1.79. The van der Waals surface area contributed by atoms with E-state index in [1.54, 1.807) is 0 Å². The van der Waals surface area contributed by atoms with Crippen molar-refractivity contribution in [2.45, 2.75) is 166 Å². The number of thioether (sulfide) groups is 2. The van der Waals surface area contributed by atoms with Gasteiger partial charge in [0.2, 0.25) is 0 Å². The number of phenols is 2. The molecule has 0 spiro atoms. The van der Waals surface area contributed by atoms with Gasteiger partial charge in [0.15, 0.2) is 10.2 Å². The second kappa shape index (κ2) is 15.1. The highest BCUT2D eigenvalue weighted by Crippen LogP contribution is 2.43. The van der Waals surface area contributed by atoms with Gasteiger partial charge in [-0.2, -0.15) is 0 Å². The van der Waals surface area contributed by atoms with Gasteiger partial charge in [-0.05, 0) is 58.8 Å². The van der Waals surface area contributed by atoms with Crippen molar-refractivity contribution >= 4 is 33.8 Å². The van der Waals surface area contributed by atoms with Crippen molar-refractivity contribution in [3.8, 4) is 11.5 Å². The lowest BCUT2D eigenvalue weighted by atomic mass is 9.79. The Hall–Kier alpha value is -1.92. The van der Waals surface area contributed by atoms with Crippen molar-refractivity contribution in [1.82, 2.24) is 0 Å². The number of aromatic hydroxyl groups is 2. The first-order valence-corrected chi connectivity index (χ1v) is 17.8. The summed E-state index contributed by atoms with van der Waals surface area (Å²) in [6, 6.07) is 7.89. The number of rotatable bonds is 11. The number of carbonyl (C=O) groups is 2. The summed E-state index contributed by atoms with van der Waals surface area (Å²) in [7, 11) is 0. The molecular formula is C38H58O4S2. The van der Waals surface area contributed by atoms with E-state index in [4.69, 9.17) is 0 Å². The molecule has 2 N–H and O–H groups in total. The summed E-state index contributed by atoms with van der Waals surface area (Å²) in [5.74, 6) is 0.679. The van der Waals surface area contributed by atoms with Crippen LogP contribution in [0.15, 0.2) is 34.1 Å². The number of phenolic OH excluding ortho intramolecular Hbond substituents is 2. The van der Waals surface area contributed by atoms with Crippen molar-refractivity contribution in [2.24, 2.45) is 0 Å². The summed E-state index contributed by atoms with van der Waals surface area (Å²) in [5, 5.41) is 22.2. The Morgan fingerprint density at radius 2 is 0.705 bits per heavy atom. The first kappa shape index (κ1) is 38.3. The van der Waals surface area contributed by atoms with E-state index in [0.717, 1.165) is 70.6 Å². The highest BCUT2D eigenvalue weighted by atomic mass is 32.2. The molecule has 0 aliphatic rings. The molecule has 0 atom stereocenters. The topological polar surface area (TPSA) is 74.6 Å². The average Bonchev–Trinajstić information content (AvgIpc) is 2.84. The number of hydrogen-bond acceptors (Lipinski definition) is 6. The fraction of sp³-hybridized carbons (Fsp3) is 0.632. The van der Waals surface area contributed by atoms with Crippen LogP contribution in [0, 0.1) is 0 Å². The Labute approximate surface area is 276 Å². The maximum atomic E-state index is 12.8. The quantitative estimate of drug-likeness (QED) is 0.188. The molecule has 246 valence electrons. The van der Waals surface area contributed by atoms with Crippen LogP contribution in [0.3, 0.4) is 0 Å². The molecule has 6 heteroatoms. The van der Waals surface area contributed by atoms with Crippen LogP contribution in [-0.2, 0) is 31.2 Å². The molecule has 0 aliphatic carbocycles. The highest BCUT2D eigenvalue weighted by Gasteiger charge is 2.28. The molecule has 0 unspecified atom stereocenters. The summed E-state index contributed by atoms with van der Waals surface area (Å²) < 4.78 is 0. The first-order chi connectivity index (χ1) is 20.0. The molecule has 0 heterocycles. The van der Waals surface area contributed by atoms with E-state index in [-0.39, 0.29) is 31.9 Å². The molecule has 2 rings (SSSR count). The van der Waals surface area contributed by atoms with Crippen LogP contribution < -0.4 is 0 Å². The van der Waals surface area contributed by atoms with E-state index in [2.05, 4.69) is 83.1 Å². The zero-order valence-electron chi connectivity index (χ0n) is 29.5. The van der Waals surface area contributed by atoms with Crippen LogP contribution in [0.2, 0.25) is 0 Å². The van der Waals surface area contributed by atoms with Gasteiger partial charge in [0.25, 0.3) is 0 Å². The summed E-state index contributed by atoms with van der Waals surface area (Å²) >= 11 is 2.58. The van der Waals surface area contributed by atoms with Gasteiger partial charge in [-0.1, -0.05) is 132 Å². The Kier molecular flexibility index (Phi) is 13.1. The smallest absolute Gasteiger partial charge is 0.193 e. The van der Waals surface area contributed by atoms with E-state index in [0.29, 0.717) is 24.3 Å². The summed E-state index contributed by atoms with van der Waals surface area (Å²) in [4.78, 5) is 27.4. The Bertz CT molecular complexity index is 1130. The molecular weight excluding hydrogens is 585 g/mol. The lowest BCUT2D eigenvalue weighted by Crippen LogP contribution is -2.17. The minimum Gasteiger partial charge on any atom is -0.507 e. The number of unbranched alkanes of at least 4 members (excludes halogenated alkanes) is 5. The van der Waals surface area contributed by atoms with Crippen LogP contribution in [-0.4, -0.2) is 20.4 Å². The third-order valence-electron chi connectivity index (χ3n) is 7.87. The second-order valence-electron chi connectivity index (χ2n) is 16.3. The van der Waals surface area contributed by atoms with Crippen LogP contribution in [0.1, 0.15) is 157 Å². The lowest BCUT2D eigenvalue weighted by Gasteiger charge is -2.28. The van der Waals surface area contributed by atoms with E-state index in [1.165, 1.54) is 23.5 Å². The molecule has 0 saturated heterocycles. The van der Waals surface area contributed by atoms with Gasteiger partial charge in [-0.3, -0.25) is 9.59 Å². The molecule has 4 nitrogen and oxygen atoms in total. The molecule has 0 aromatic heterocycles. The standard InChI is InChI=1S/C38H58O4S2/c1-35(2,3)27-21-25(22-28(33(27)41)36(4,5)6)43-31(39)19-17-15-13-14-16-18-20-32(40)44-26-23-29(37(7,8)9)34(42)30(24-26)38(10,11)12/h21-24,41-42H,13-20H2,1-12H3. The molecule has 0 fully saturated rings. The molecule has 0 radical (unpaired) electrons. The van der Waals surface area contributed by atoms with E-state index < -0.39 is 0 Å². The van der Waals surface area contributed by atoms with Gasteiger partial charge < -0.3 is 10.2 Å². The van der Waals surface area contributed by atoms with Gasteiger partial charge in [0.05, 0.1) is 0 Å². The SMILES string of the molecule is CC(C)(C)c1cc(SC(=O)CCCCCCCCC(=O)Sc2cc(C(C)(C)C)c(O)c(C(C)(C)C)c2)cc(C(C)(C)C)c1O. The summed E-state index contributed by atoms with van der Waals surface area (Å²) in [5.41, 5.74) is 2.64. The fourth-order valence-corrected chi connectivity index (χ4v) is 6.96. The van der Waals surface area contributed by atoms with E-state index in [9.17, 15) is 19.8 Å². The van der Waals surface area contributed by atoms with Crippen molar-refractivity contribution in [3.05, 3.63) is 46.5 Å². The predicted octanol–water partition coefficient (Wildman–Crippen LogP) is 11.3. The summed E-state index contributed by atoms with van der Waals surface area (Å²) in [6.07, 6.45) is 6.93. The third kappa shape index (κ3) is 11.5. The van der Waals surface area contributed by atoms with Gasteiger partial charge in [-0.15, -0.1) is 0 Å². The summed E-state index contributed by atoms with van der Waals surface area (Å²) in [6.45, 7) is 25.0. The van der Waals surface area contributed by atoms with Gasteiger partial charge in [0, 0.05) is 44.9 Å². The zero-order valence-corrected chi connectivity index (χ0v) is 31.1. The first-order valence-electron chi connectivity index (χ1n) is 16.2. The van der Waals surface area contributed by atoms with Crippen molar-refractivity contribution < 1.29 is 19.8 Å². The average molecular weight is 643 g/mol. The molecule has 0 amide bonds. The Morgan fingerprint density at radius 3 is 0.932 bits per heavy atom.